The molecule has 6 heteroatoms. The number of nitrogens with one attached hydrogen (secondary N) is 2. The van der Waals surface area contributed by atoms with E-state index >= 15 is 0 Å². The third kappa shape index (κ3) is 6.51. The third-order valence-electron chi connectivity index (χ3n) is 5.19. The van der Waals surface area contributed by atoms with Gasteiger partial charge in [-0.25, -0.2) is 0 Å². The molecule has 0 spiro atoms. The van der Waals surface area contributed by atoms with Crippen LogP contribution in [0.15, 0.2) is 35.3 Å². The molecule has 0 aliphatic carbocycles. The lowest BCUT2D eigenvalue weighted by Crippen LogP contribution is -2.48. The maximum atomic E-state index is 11.8. The van der Waals surface area contributed by atoms with Crippen molar-refractivity contribution in [3.05, 3.63) is 35.9 Å². The number of rotatable bonds is 7. The minimum Gasteiger partial charge on any atom is -0.469 e. The monoisotopic (exact) mass is 388 g/mol. The number of likely N-dealkylation sites (tertiary alicyclic amines) is 1. The van der Waals surface area contributed by atoms with Crippen LogP contribution in [-0.4, -0.2) is 55.7 Å². The molecule has 1 aromatic carbocycles. The normalized spacial score (nSPS) is 17.3. The predicted molar refractivity (Wildman–Crippen MR) is 114 cm³/mol. The summed E-state index contributed by atoms with van der Waals surface area (Å²) < 4.78 is 4.89. The molecule has 1 aliphatic heterocycles. The number of guanidine groups is 1. The van der Waals surface area contributed by atoms with Crippen LogP contribution in [0, 0.1) is 5.92 Å². The zero-order valence-corrected chi connectivity index (χ0v) is 18.0. The van der Waals surface area contributed by atoms with Gasteiger partial charge >= 0.3 is 5.97 Å². The van der Waals surface area contributed by atoms with Gasteiger partial charge in [-0.1, -0.05) is 30.3 Å². The molecule has 1 aliphatic rings. The Morgan fingerprint density at radius 3 is 2.50 bits per heavy atom. The Labute approximate surface area is 169 Å². The Hall–Kier alpha value is -2.08. The molecule has 1 atom stereocenters. The van der Waals surface area contributed by atoms with E-state index in [1.54, 1.807) is 0 Å². The molecule has 6 nitrogen and oxygen atoms in total. The second-order valence-corrected chi connectivity index (χ2v) is 8.12. The molecule has 0 saturated carbocycles. The molecule has 2 rings (SSSR count). The van der Waals surface area contributed by atoms with Gasteiger partial charge in [-0.15, -0.1) is 0 Å². The first-order chi connectivity index (χ1) is 13.4. The lowest BCUT2D eigenvalue weighted by atomic mass is 9.97. The summed E-state index contributed by atoms with van der Waals surface area (Å²) in [5.41, 5.74) is 1.14. The van der Waals surface area contributed by atoms with Crippen LogP contribution < -0.4 is 10.6 Å². The Balaban J connectivity index is 1.96. The van der Waals surface area contributed by atoms with E-state index in [-0.39, 0.29) is 23.5 Å². The van der Waals surface area contributed by atoms with Crippen molar-refractivity contribution in [2.75, 3.05) is 33.3 Å². The number of carbonyl (C=O) groups excluding carboxylic acids is 1. The van der Waals surface area contributed by atoms with Crippen LogP contribution in [0.2, 0.25) is 0 Å². The fourth-order valence-electron chi connectivity index (χ4n) is 3.65. The van der Waals surface area contributed by atoms with Gasteiger partial charge in [-0.05, 0) is 46.1 Å². The number of piperidine rings is 1. The van der Waals surface area contributed by atoms with Crippen LogP contribution in [0.5, 0.6) is 0 Å². The molecule has 1 heterocycles. The first-order valence-corrected chi connectivity index (χ1v) is 10.3. The zero-order chi connectivity index (χ0) is 20.6. The van der Waals surface area contributed by atoms with Crippen molar-refractivity contribution in [3.63, 3.8) is 0 Å². The Bertz CT molecular complexity index is 637. The van der Waals surface area contributed by atoms with Crippen molar-refractivity contribution in [2.45, 2.75) is 52.1 Å². The molecular formula is C22H36N4O2. The third-order valence-corrected chi connectivity index (χ3v) is 5.19. The summed E-state index contributed by atoms with van der Waals surface area (Å²) in [5, 5.41) is 7.09. The van der Waals surface area contributed by atoms with Crippen LogP contribution in [0.25, 0.3) is 0 Å². The standard InChI is InChI=1S/C22H36N4O2/c1-6-23-21(26-14-12-19(13-15-26)20(27)28-5)24-16-22(3,4)25-17(2)18-10-8-7-9-11-18/h7-11,17,19,25H,6,12-16H2,1-5H3,(H,23,24). The summed E-state index contributed by atoms with van der Waals surface area (Å²) in [7, 11) is 1.46. The Morgan fingerprint density at radius 2 is 1.93 bits per heavy atom. The molecule has 156 valence electrons. The fourth-order valence-corrected chi connectivity index (χ4v) is 3.65. The van der Waals surface area contributed by atoms with Gasteiger partial charge in [0.2, 0.25) is 0 Å². The van der Waals surface area contributed by atoms with Gasteiger partial charge < -0.3 is 20.3 Å². The highest BCUT2D eigenvalue weighted by atomic mass is 16.5. The van der Waals surface area contributed by atoms with Gasteiger partial charge in [0, 0.05) is 31.2 Å². The first kappa shape index (κ1) is 22.2. The minimum atomic E-state index is -0.139. The van der Waals surface area contributed by atoms with Crippen LogP contribution in [0.3, 0.4) is 0 Å². The fraction of sp³-hybridized carbons (Fsp3) is 0.636. The summed E-state index contributed by atoms with van der Waals surface area (Å²) in [6, 6.07) is 10.7. The summed E-state index contributed by atoms with van der Waals surface area (Å²) in [4.78, 5) is 18.9. The SMILES string of the molecule is CCNC(=NCC(C)(C)NC(C)c1ccccc1)N1CCC(C(=O)OC)CC1. The summed E-state index contributed by atoms with van der Waals surface area (Å²) >= 11 is 0. The average Bonchev–Trinajstić information content (AvgIpc) is 2.71. The van der Waals surface area contributed by atoms with Gasteiger partial charge in [-0.2, -0.15) is 0 Å². The second kappa shape index (κ2) is 10.5. The zero-order valence-electron chi connectivity index (χ0n) is 18.0. The minimum absolute atomic E-state index is 0.00829. The molecule has 0 radical (unpaired) electrons. The number of carbonyl (C=O) groups is 1. The van der Waals surface area contributed by atoms with E-state index in [2.05, 4.69) is 67.5 Å². The highest BCUT2D eigenvalue weighted by molar-refractivity contribution is 5.80. The van der Waals surface area contributed by atoms with E-state index < -0.39 is 0 Å². The van der Waals surface area contributed by atoms with E-state index in [4.69, 9.17) is 9.73 Å². The molecule has 2 N–H and O–H groups in total. The molecule has 0 amide bonds. The average molecular weight is 389 g/mol. The predicted octanol–water partition coefficient (Wildman–Crippen LogP) is 2.97. The van der Waals surface area contributed by atoms with Crippen molar-refractivity contribution in [1.82, 2.24) is 15.5 Å². The lowest BCUT2D eigenvalue weighted by molar-refractivity contribution is -0.146. The van der Waals surface area contributed by atoms with E-state index in [0.717, 1.165) is 38.4 Å². The van der Waals surface area contributed by atoms with Crippen molar-refractivity contribution < 1.29 is 9.53 Å². The van der Waals surface area contributed by atoms with E-state index in [1.165, 1.54) is 12.7 Å². The highest BCUT2D eigenvalue weighted by Crippen LogP contribution is 2.19. The number of ether oxygens (including phenoxy) is 1. The Morgan fingerprint density at radius 1 is 1.29 bits per heavy atom. The first-order valence-electron chi connectivity index (χ1n) is 10.3. The number of nitrogens with zero attached hydrogens (tertiary/aromatic N) is 2. The molecular weight excluding hydrogens is 352 g/mol. The van der Waals surface area contributed by atoms with Crippen LogP contribution in [-0.2, 0) is 9.53 Å². The van der Waals surface area contributed by atoms with Crippen molar-refractivity contribution >= 4 is 11.9 Å². The second-order valence-electron chi connectivity index (χ2n) is 8.12. The van der Waals surface area contributed by atoms with Gasteiger partial charge in [0.1, 0.15) is 0 Å². The van der Waals surface area contributed by atoms with Crippen LogP contribution in [0.1, 0.15) is 52.1 Å². The van der Waals surface area contributed by atoms with Gasteiger partial charge in [0.25, 0.3) is 0 Å². The van der Waals surface area contributed by atoms with Crippen LogP contribution >= 0.6 is 0 Å². The number of hydrogen-bond donors (Lipinski definition) is 2. The highest BCUT2D eigenvalue weighted by Gasteiger charge is 2.27. The molecule has 1 fully saturated rings. The van der Waals surface area contributed by atoms with Gasteiger partial charge in [0.15, 0.2) is 5.96 Å². The number of hydrogen-bond acceptors (Lipinski definition) is 4. The molecule has 1 aromatic rings. The molecule has 1 saturated heterocycles. The maximum Gasteiger partial charge on any atom is 0.308 e. The van der Waals surface area contributed by atoms with Gasteiger partial charge in [-0.3, -0.25) is 9.79 Å². The van der Waals surface area contributed by atoms with Gasteiger partial charge in [0.05, 0.1) is 19.6 Å². The Kier molecular flexibility index (Phi) is 8.30. The summed E-state index contributed by atoms with van der Waals surface area (Å²) in [6.07, 6.45) is 1.62. The van der Waals surface area contributed by atoms with Crippen molar-refractivity contribution in [1.29, 1.82) is 0 Å². The van der Waals surface area contributed by atoms with E-state index in [9.17, 15) is 4.79 Å². The molecule has 0 aromatic heterocycles. The number of benzene rings is 1. The smallest absolute Gasteiger partial charge is 0.308 e. The topological polar surface area (TPSA) is 66.0 Å². The molecule has 28 heavy (non-hydrogen) atoms. The van der Waals surface area contributed by atoms with Crippen molar-refractivity contribution in [2.24, 2.45) is 10.9 Å². The largest absolute Gasteiger partial charge is 0.469 e. The maximum absolute atomic E-state index is 11.8. The quantitative estimate of drug-likeness (QED) is 0.427. The molecule has 1 unspecified atom stereocenters. The number of aliphatic imine (C=N–C) groups is 1. The summed E-state index contributed by atoms with van der Waals surface area (Å²) in [5.74, 6) is 0.837. The van der Waals surface area contributed by atoms with Crippen LogP contribution in [0.4, 0.5) is 0 Å². The van der Waals surface area contributed by atoms with E-state index in [0.29, 0.717) is 6.54 Å². The molecule has 0 bridgehead atoms. The number of methoxy groups -OCH3 is 1. The van der Waals surface area contributed by atoms with Crippen molar-refractivity contribution in [3.8, 4) is 0 Å². The van der Waals surface area contributed by atoms with E-state index in [1.807, 2.05) is 6.07 Å². The number of esters is 1. The summed E-state index contributed by atoms with van der Waals surface area (Å²) in [6.45, 7) is 11.8. The lowest BCUT2D eigenvalue weighted by Gasteiger charge is -2.34.